The number of rotatable bonds is 5. The standard InChI is InChI=1S/C10H13F3N4O3S/c1-10(2)6(11)8(16-20-10)21(18)4-5-7(19-9(12)13)15-17(3)14-5/h9,16H,4H2,1-3H3. The topological polar surface area (TPSA) is 78.3 Å². The molecule has 11 heteroatoms. The Labute approximate surface area is 120 Å². The second kappa shape index (κ2) is 5.64. The maximum absolute atomic E-state index is 13.9. The fraction of sp³-hybridized carbons (Fsp3) is 0.600. The number of hydrogen-bond acceptors (Lipinski definition) is 6. The summed E-state index contributed by atoms with van der Waals surface area (Å²) in [5.41, 5.74) is 0.937. The summed E-state index contributed by atoms with van der Waals surface area (Å²) in [6.45, 7) is -0.183. The van der Waals surface area contributed by atoms with Gasteiger partial charge in [0, 0.05) is 7.05 Å². The predicted octanol–water partition coefficient (Wildman–Crippen LogP) is 1.12. The van der Waals surface area contributed by atoms with Crippen LogP contribution in [0.25, 0.3) is 0 Å². The zero-order valence-electron chi connectivity index (χ0n) is 11.4. The van der Waals surface area contributed by atoms with Crippen molar-refractivity contribution < 1.29 is 27.0 Å². The van der Waals surface area contributed by atoms with Crippen molar-refractivity contribution >= 4 is 10.8 Å². The van der Waals surface area contributed by atoms with Crippen molar-refractivity contribution in [2.75, 3.05) is 0 Å². The Balaban J connectivity index is 2.19. The van der Waals surface area contributed by atoms with Crippen molar-refractivity contribution in [3.63, 3.8) is 0 Å². The van der Waals surface area contributed by atoms with E-state index in [1.165, 1.54) is 20.9 Å². The third kappa shape index (κ3) is 3.35. The maximum Gasteiger partial charge on any atom is 0.388 e. The predicted molar refractivity (Wildman–Crippen MR) is 65.9 cm³/mol. The molecule has 1 aliphatic rings. The van der Waals surface area contributed by atoms with Gasteiger partial charge in [0.1, 0.15) is 11.3 Å². The minimum absolute atomic E-state index is 0.0667. The summed E-state index contributed by atoms with van der Waals surface area (Å²) >= 11 is 0. The smallest absolute Gasteiger partial charge is 0.388 e. The van der Waals surface area contributed by atoms with Crippen LogP contribution in [-0.2, 0) is 28.4 Å². The van der Waals surface area contributed by atoms with Crippen molar-refractivity contribution in [1.29, 1.82) is 0 Å². The first-order chi connectivity index (χ1) is 9.70. The second-order valence-corrected chi connectivity index (χ2v) is 6.06. The van der Waals surface area contributed by atoms with Gasteiger partial charge in [-0.15, -0.1) is 5.10 Å². The van der Waals surface area contributed by atoms with E-state index in [4.69, 9.17) is 4.84 Å². The van der Waals surface area contributed by atoms with Crippen molar-refractivity contribution in [2.24, 2.45) is 7.05 Å². The highest BCUT2D eigenvalue weighted by molar-refractivity contribution is 7.88. The van der Waals surface area contributed by atoms with Gasteiger partial charge in [0.25, 0.3) is 5.88 Å². The Morgan fingerprint density at radius 3 is 2.67 bits per heavy atom. The highest BCUT2D eigenvalue weighted by Crippen LogP contribution is 2.31. The Morgan fingerprint density at radius 2 is 2.14 bits per heavy atom. The Bertz CT molecular complexity index is 602. The van der Waals surface area contributed by atoms with Crippen LogP contribution in [0, 0.1) is 0 Å². The lowest BCUT2D eigenvalue weighted by atomic mass is 10.1. The number of ether oxygens (including phenoxy) is 1. The molecule has 0 saturated heterocycles. The fourth-order valence-electron chi connectivity index (χ4n) is 1.58. The first-order valence-electron chi connectivity index (χ1n) is 5.78. The molecular formula is C10H13F3N4O3S. The number of alkyl halides is 2. The molecule has 0 radical (unpaired) electrons. The van der Waals surface area contributed by atoms with E-state index in [9.17, 15) is 17.4 Å². The second-order valence-electron chi connectivity index (χ2n) is 4.67. The number of nitrogens with zero attached hydrogens (tertiary/aromatic N) is 3. The number of nitrogens with one attached hydrogen (secondary N) is 1. The first-order valence-corrected chi connectivity index (χ1v) is 7.10. The summed E-state index contributed by atoms with van der Waals surface area (Å²) in [7, 11) is -0.514. The van der Waals surface area contributed by atoms with Crippen molar-refractivity contribution in [3.8, 4) is 5.88 Å². The summed E-state index contributed by atoms with van der Waals surface area (Å²) in [5.74, 6) is -1.51. The van der Waals surface area contributed by atoms with Crippen LogP contribution in [-0.4, -0.2) is 31.4 Å². The molecular weight excluding hydrogens is 313 g/mol. The molecule has 7 nitrogen and oxygen atoms in total. The molecule has 1 aromatic heterocycles. The molecule has 0 saturated carbocycles. The minimum atomic E-state index is -3.09. The average Bonchev–Trinajstić information content (AvgIpc) is 2.80. The van der Waals surface area contributed by atoms with Crippen molar-refractivity contribution in [1.82, 2.24) is 20.5 Å². The van der Waals surface area contributed by atoms with E-state index in [1.807, 2.05) is 0 Å². The van der Waals surface area contributed by atoms with Crippen LogP contribution in [0.15, 0.2) is 10.9 Å². The van der Waals surface area contributed by atoms with Crippen LogP contribution in [0.3, 0.4) is 0 Å². The lowest BCUT2D eigenvalue weighted by Crippen LogP contribution is -2.23. The van der Waals surface area contributed by atoms with Crippen molar-refractivity contribution in [2.45, 2.75) is 31.8 Å². The SMILES string of the molecule is Cn1nc(CS(=O)C2=C(F)C(C)(C)ON2)c(OC(F)F)n1. The molecule has 1 aliphatic heterocycles. The summed E-state index contributed by atoms with van der Waals surface area (Å²) in [6.07, 6.45) is 0. The molecule has 0 bridgehead atoms. The van der Waals surface area contributed by atoms with Crippen LogP contribution < -0.4 is 10.2 Å². The van der Waals surface area contributed by atoms with Crippen LogP contribution in [0.5, 0.6) is 5.88 Å². The van der Waals surface area contributed by atoms with Gasteiger partial charge in [-0.05, 0) is 13.8 Å². The highest BCUT2D eigenvalue weighted by atomic mass is 32.2. The number of hydrogen-bond donors (Lipinski definition) is 1. The van der Waals surface area contributed by atoms with E-state index in [0.717, 1.165) is 4.80 Å². The van der Waals surface area contributed by atoms with Gasteiger partial charge in [-0.1, -0.05) is 0 Å². The molecule has 1 aromatic rings. The molecule has 0 aliphatic carbocycles. The van der Waals surface area contributed by atoms with Gasteiger partial charge in [-0.25, -0.2) is 4.39 Å². The molecule has 21 heavy (non-hydrogen) atoms. The molecule has 1 atom stereocenters. The van der Waals surface area contributed by atoms with Gasteiger partial charge in [0.05, 0.1) is 16.6 Å². The third-order valence-corrected chi connectivity index (χ3v) is 3.82. The van der Waals surface area contributed by atoms with E-state index >= 15 is 0 Å². The van der Waals surface area contributed by atoms with Crippen LogP contribution >= 0.6 is 0 Å². The number of halogens is 3. The lowest BCUT2D eigenvalue weighted by Gasteiger charge is -2.12. The number of hydroxylamine groups is 1. The average molecular weight is 326 g/mol. The summed E-state index contributed by atoms with van der Waals surface area (Å²) in [6, 6.07) is 0. The van der Waals surface area contributed by atoms with Crippen LogP contribution in [0.2, 0.25) is 0 Å². The summed E-state index contributed by atoms with van der Waals surface area (Å²) in [4.78, 5) is 5.94. The molecule has 2 rings (SSSR count). The maximum atomic E-state index is 13.9. The van der Waals surface area contributed by atoms with Gasteiger partial charge in [-0.3, -0.25) is 14.5 Å². The zero-order valence-corrected chi connectivity index (χ0v) is 12.2. The Hall–Kier alpha value is -1.62. The van der Waals surface area contributed by atoms with E-state index in [1.54, 1.807) is 0 Å². The van der Waals surface area contributed by atoms with Gasteiger partial charge in [0.2, 0.25) is 0 Å². The van der Waals surface area contributed by atoms with E-state index < -0.39 is 34.7 Å². The Kier molecular flexibility index (Phi) is 4.23. The molecule has 2 heterocycles. The third-order valence-electron chi connectivity index (χ3n) is 2.57. The number of aromatic nitrogens is 3. The molecule has 0 amide bonds. The van der Waals surface area contributed by atoms with Gasteiger partial charge >= 0.3 is 6.61 Å². The zero-order chi connectivity index (χ0) is 15.8. The van der Waals surface area contributed by atoms with Gasteiger partial charge in [0.15, 0.2) is 10.9 Å². The molecule has 1 unspecified atom stereocenters. The number of aryl methyl sites for hydroxylation is 1. The lowest BCUT2D eigenvalue weighted by molar-refractivity contribution is -0.0536. The highest BCUT2D eigenvalue weighted by Gasteiger charge is 2.38. The molecule has 118 valence electrons. The van der Waals surface area contributed by atoms with E-state index in [2.05, 4.69) is 20.4 Å². The summed E-state index contributed by atoms with van der Waals surface area (Å²) < 4.78 is 54.7. The quantitative estimate of drug-likeness (QED) is 0.873. The monoisotopic (exact) mass is 326 g/mol. The molecule has 0 fully saturated rings. The van der Waals surface area contributed by atoms with E-state index in [0.29, 0.717) is 0 Å². The summed E-state index contributed by atoms with van der Waals surface area (Å²) in [5, 5.41) is 7.11. The van der Waals surface area contributed by atoms with E-state index in [-0.39, 0.29) is 16.5 Å². The first kappa shape index (κ1) is 15.8. The van der Waals surface area contributed by atoms with Crippen LogP contribution in [0.4, 0.5) is 13.2 Å². The molecule has 1 N–H and O–H groups in total. The van der Waals surface area contributed by atoms with Gasteiger partial charge < -0.3 is 4.74 Å². The van der Waals surface area contributed by atoms with Crippen molar-refractivity contribution in [3.05, 3.63) is 16.5 Å². The largest absolute Gasteiger partial charge is 0.413 e. The fourth-order valence-corrected chi connectivity index (χ4v) is 2.73. The van der Waals surface area contributed by atoms with Crippen LogP contribution in [0.1, 0.15) is 19.5 Å². The molecule has 0 aromatic carbocycles. The molecule has 0 spiro atoms. The minimum Gasteiger partial charge on any atom is -0.413 e. The normalized spacial score (nSPS) is 19.0. The van der Waals surface area contributed by atoms with Gasteiger partial charge in [-0.2, -0.15) is 18.7 Å². The Morgan fingerprint density at radius 1 is 1.48 bits per heavy atom.